The molecule has 0 N–H and O–H groups in total. The van der Waals surface area contributed by atoms with Gasteiger partial charge in [-0.1, -0.05) is 39.0 Å². The van der Waals surface area contributed by atoms with E-state index in [1.165, 1.54) is 57.1 Å². The number of carbonyl (C=O) groups is 1. The normalized spacial score (nSPS) is 25.1. The molecule has 198 valence electrons. The lowest BCUT2D eigenvalue weighted by atomic mass is 9.68. The summed E-state index contributed by atoms with van der Waals surface area (Å²) in [7, 11) is 0. The first-order valence-electron chi connectivity index (χ1n) is 13.0. The Morgan fingerprint density at radius 1 is 0.944 bits per heavy atom. The van der Waals surface area contributed by atoms with Gasteiger partial charge in [-0.2, -0.15) is 0 Å². The molecular weight excluding hydrogens is 479 g/mol. The van der Waals surface area contributed by atoms with E-state index in [0.717, 1.165) is 49.7 Å². The average molecular weight is 513 g/mol. The standard InChI is InChI=1S/C28H33F5O3/c1-2-3-4-17-5-7-18(8-6-17)19-9-11-20(12-10-19)27(34)35-22-13-14-23-21(15-22)16-24(29)26(25(23)30)36-28(31,32)33/h13-20H,2-12H2,1H3. The minimum absolute atomic E-state index is 0.0249. The van der Waals surface area contributed by atoms with Gasteiger partial charge in [-0.3, -0.25) is 4.79 Å². The highest BCUT2D eigenvalue weighted by atomic mass is 19.4. The molecule has 2 aromatic rings. The fourth-order valence-electron chi connectivity index (χ4n) is 6.03. The summed E-state index contributed by atoms with van der Waals surface area (Å²) in [5.41, 5.74) is 0. The molecule has 0 unspecified atom stereocenters. The van der Waals surface area contributed by atoms with E-state index in [0.29, 0.717) is 5.92 Å². The van der Waals surface area contributed by atoms with Gasteiger partial charge >= 0.3 is 12.3 Å². The zero-order valence-electron chi connectivity index (χ0n) is 20.5. The van der Waals surface area contributed by atoms with Crippen LogP contribution < -0.4 is 9.47 Å². The predicted octanol–water partition coefficient (Wildman–Crippen LogP) is 8.73. The molecule has 0 amide bonds. The molecule has 0 radical (unpaired) electrons. The van der Waals surface area contributed by atoms with Gasteiger partial charge in [-0.25, -0.2) is 8.78 Å². The van der Waals surface area contributed by atoms with Gasteiger partial charge in [0.05, 0.1) is 5.92 Å². The summed E-state index contributed by atoms with van der Waals surface area (Å²) in [5, 5.41) is -0.288. The van der Waals surface area contributed by atoms with Crippen LogP contribution in [0.2, 0.25) is 0 Å². The minimum atomic E-state index is -5.22. The largest absolute Gasteiger partial charge is 0.573 e. The van der Waals surface area contributed by atoms with Crippen LogP contribution in [0, 0.1) is 35.3 Å². The third kappa shape index (κ3) is 6.48. The molecule has 0 aromatic heterocycles. The molecule has 2 aromatic carbocycles. The Morgan fingerprint density at radius 3 is 2.19 bits per heavy atom. The van der Waals surface area contributed by atoms with E-state index in [1.807, 2.05) is 0 Å². The van der Waals surface area contributed by atoms with E-state index in [2.05, 4.69) is 11.7 Å². The van der Waals surface area contributed by atoms with Crippen molar-refractivity contribution in [3.63, 3.8) is 0 Å². The van der Waals surface area contributed by atoms with Gasteiger partial charge in [0.1, 0.15) is 5.75 Å². The van der Waals surface area contributed by atoms with E-state index in [4.69, 9.17) is 4.74 Å². The van der Waals surface area contributed by atoms with Crippen molar-refractivity contribution in [2.24, 2.45) is 23.7 Å². The highest BCUT2D eigenvalue weighted by Crippen LogP contribution is 2.43. The Morgan fingerprint density at radius 2 is 1.58 bits per heavy atom. The van der Waals surface area contributed by atoms with Crippen LogP contribution in [0.1, 0.15) is 77.6 Å². The van der Waals surface area contributed by atoms with Gasteiger partial charge in [0.25, 0.3) is 0 Å². The summed E-state index contributed by atoms with van der Waals surface area (Å²) in [6.07, 6.45) is 7.42. The summed E-state index contributed by atoms with van der Waals surface area (Å²) in [6.45, 7) is 2.24. The first kappa shape index (κ1) is 26.7. The molecule has 36 heavy (non-hydrogen) atoms. The van der Waals surface area contributed by atoms with Crippen molar-refractivity contribution in [2.75, 3.05) is 0 Å². The third-order valence-electron chi connectivity index (χ3n) is 8.02. The average Bonchev–Trinajstić information content (AvgIpc) is 2.85. The Bertz CT molecular complexity index is 1050. The molecule has 0 spiro atoms. The summed E-state index contributed by atoms with van der Waals surface area (Å²) in [6, 6.07) is 4.43. The number of fused-ring (bicyclic) bond motifs is 1. The molecule has 0 aliphatic heterocycles. The van der Waals surface area contributed by atoms with Crippen LogP contribution in [-0.2, 0) is 4.79 Å². The minimum Gasteiger partial charge on any atom is -0.426 e. The molecule has 0 atom stereocenters. The van der Waals surface area contributed by atoms with Crippen LogP contribution in [0.15, 0.2) is 24.3 Å². The number of rotatable bonds is 7. The van der Waals surface area contributed by atoms with E-state index >= 15 is 0 Å². The Hall–Kier alpha value is -2.38. The summed E-state index contributed by atoms with van der Waals surface area (Å²) >= 11 is 0. The number of hydrogen-bond acceptors (Lipinski definition) is 3. The van der Waals surface area contributed by atoms with Crippen molar-refractivity contribution >= 4 is 16.7 Å². The monoisotopic (exact) mass is 512 g/mol. The lowest BCUT2D eigenvalue weighted by Gasteiger charge is -2.37. The fourth-order valence-corrected chi connectivity index (χ4v) is 6.03. The van der Waals surface area contributed by atoms with Crippen LogP contribution in [0.5, 0.6) is 11.5 Å². The maximum absolute atomic E-state index is 14.4. The predicted molar refractivity (Wildman–Crippen MR) is 127 cm³/mol. The lowest BCUT2D eigenvalue weighted by Crippen LogP contribution is -2.30. The number of hydrogen-bond donors (Lipinski definition) is 0. The number of halogens is 5. The molecule has 2 aliphatic rings. The number of alkyl halides is 3. The summed E-state index contributed by atoms with van der Waals surface area (Å²) in [4.78, 5) is 12.8. The topological polar surface area (TPSA) is 35.5 Å². The van der Waals surface area contributed by atoms with Crippen molar-refractivity contribution in [3.8, 4) is 11.5 Å². The van der Waals surface area contributed by atoms with Crippen molar-refractivity contribution < 1.29 is 36.2 Å². The zero-order valence-corrected chi connectivity index (χ0v) is 20.5. The van der Waals surface area contributed by atoms with Crippen LogP contribution >= 0.6 is 0 Å². The first-order chi connectivity index (χ1) is 17.1. The molecule has 4 rings (SSSR count). The van der Waals surface area contributed by atoms with Gasteiger partial charge in [-0.05, 0) is 85.9 Å². The molecule has 2 fully saturated rings. The van der Waals surface area contributed by atoms with Gasteiger partial charge in [-0.15, -0.1) is 13.2 Å². The zero-order chi connectivity index (χ0) is 25.9. The van der Waals surface area contributed by atoms with Gasteiger partial charge in [0.2, 0.25) is 5.75 Å². The number of esters is 1. The molecule has 0 bridgehead atoms. The van der Waals surface area contributed by atoms with Crippen LogP contribution in [0.25, 0.3) is 10.8 Å². The van der Waals surface area contributed by atoms with Crippen LogP contribution in [0.3, 0.4) is 0 Å². The summed E-state index contributed by atoms with van der Waals surface area (Å²) < 4.78 is 74.9. The molecule has 3 nitrogen and oxygen atoms in total. The fraction of sp³-hybridized carbons (Fsp3) is 0.607. The maximum atomic E-state index is 14.4. The molecule has 2 aliphatic carbocycles. The van der Waals surface area contributed by atoms with Gasteiger partial charge in [0.15, 0.2) is 11.6 Å². The van der Waals surface area contributed by atoms with E-state index in [9.17, 15) is 26.7 Å². The number of unbranched alkanes of at least 4 members (excludes halogenated alkanes) is 1. The SMILES string of the molecule is CCCCC1CCC(C2CCC(C(=O)Oc3ccc4c(F)c(OC(F)(F)F)c(F)cc4c3)CC2)CC1. The summed E-state index contributed by atoms with van der Waals surface area (Å²) in [5.74, 6) is -2.69. The molecular formula is C28H33F5O3. The van der Waals surface area contributed by atoms with Gasteiger partial charge < -0.3 is 9.47 Å². The molecule has 2 saturated carbocycles. The van der Waals surface area contributed by atoms with Crippen LogP contribution in [0.4, 0.5) is 22.0 Å². The highest BCUT2D eigenvalue weighted by molar-refractivity contribution is 5.87. The number of carbonyl (C=O) groups excluding carboxylic acids is 1. The number of ether oxygens (including phenoxy) is 2. The van der Waals surface area contributed by atoms with Gasteiger partial charge in [0, 0.05) is 5.39 Å². The van der Waals surface area contributed by atoms with Crippen molar-refractivity contribution in [1.29, 1.82) is 0 Å². The second-order valence-corrected chi connectivity index (χ2v) is 10.4. The van der Waals surface area contributed by atoms with Crippen molar-refractivity contribution in [1.82, 2.24) is 0 Å². The first-order valence-corrected chi connectivity index (χ1v) is 13.0. The second-order valence-electron chi connectivity index (χ2n) is 10.4. The number of benzene rings is 2. The van der Waals surface area contributed by atoms with E-state index in [-0.39, 0.29) is 28.4 Å². The Labute approximate surface area is 208 Å². The second kappa shape index (κ2) is 11.3. The van der Waals surface area contributed by atoms with Crippen molar-refractivity contribution in [2.45, 2.75) is 83.9 Å². The van der Waals surface area contributed by atoms with E-state index in [1.54, 1.807) is 0 Å². The third-order valence-corrected chi connectivity index (χ3v) is 8.02. The Balaban J connectivity index is 1.32. The molecule has 0 heterocycles. The highest BCUT2D eigenvalue weighted by Gasteiger charge is 2.35. The quantitative estimate of drug-likeness (QED) is 0.211. The van der Waals surface area contributed by atoms with Crippen LogP contribution in [-0.4, -0.2) is 12.3 Å². The molecule has 0 saturated heterocycles. The smallest absolute Gasteiger partial charge is 0.426 e. The lowest BCUT2D eigenvalue weighted by molar-refractivity contribution is -0.276. The Kier molecular flexibility index (Phi) is 8.41. The molecule has 8 heteroatoms. The van der Waals surface area contributed by atoms with E-state index < -0.39 is 23.7 Å². The van der Waals surface area contributed by atoms with Crippen molar-refractivity contribution in [3.05, 3.63) is 35.9 Å². The maximum Gasteiger partial charge on any atom is 0.573 e.